The third kappa shape index (κ3) is 1.65. The summed E-state index contributed by atoms with van der Waals surface area (Å²) in [5, 5.41) is -0.908. The smallest absolute Gasteiger partial charge is 0.116 e. The van der Waals surface area contributed by atoms with Gasteiger partial charge in [0.2, 0.25) is 0 Å². The van der Waals surface area contributed by atoms with Crippen molar-refractivity contribution in [3.63, 3.8) is 0 Å². The standard InChI is InChI=1S/C10H11Cl7/c11-2-9(3-12)4-1-5(13)10(9,8(16)17)7(15)6(4)14/h4-8H,1-3H2/t4-,5+,6+,7-,10?/m0/s1. The topological polar surface area (TPSA) is 0 Å². The van der Waals surface area contributed by atoms with Gasteiger partial charge in [-0.2, -0.15) is 0 Å². The molecular formula is C10H11Cl7. The van der Waals surface area contributed by atoms with Crippen molar-refractivity contribution >= 4 is 81.2 Å². The van der Waals surface area contributed by atoms with Gasteiger partial charge in [0.15, 0.2) is 0 Å². The molecule has 2 fully saturated rings. The molecule has 2 saturated carbocycles. The number of alkyl halides is 7. The molecule has 2 rings (SSSR count). The van der Waals surface area contributed by atoms with Crippen LogP contribution in [0.3, 0.4) is 0 Å². The van der Waals surface area contributed by atoms with E-state index in [1.807, 2.05) is 0 Å². The molecule has 5 atom stereocenters. The van der Waals surface area contributed by atoms with Gasteiger partial charge < -0.3 is 0 Å². The molecule has 2 bridgehead atoms. The molecule has 0 radical (unpaired) electrons. The lowest BCUT2D eigenvalue weighted by atomic mass is 9.70. The zero-order valence-electron chi connectivity index (χ0n) is 8.65. The molecule has 0 aromatic carbocycles. The molecule has 1 unspecified atom stereocenters. The van der Waals surface area contributed by atoms with E-state index in [-0.39, 0.29) is 16.7 Å². The van der Waals surface area contributed by atoms with Gasteiger partial charge in [-0.05, 0) is 12.3 Å². The highest BCUT2D eigenvalue weighted by Crippen LogP contribution is 2.73. The lowest BCUT2D eigenvalue weighted by Gasteiger charge is -2.45. The number of hydrogen-bond acceptors (Lipinski definition) is 0. The first-order valence-electron chi connectivity index (χ1n) is 5.22. The Bertz CT molecular complexity index is 303. The highest BCUT2D eigenvalue weighted by molar-refractivity contribution is 6.47. The molecule has 7 heteroatoms. The second-order valence-electron chi connectivity index (χ2n) is 4.81. The van der Waals surface area contributed by atoms with E-state index in [0.717, 1.165) is 0 Å². The van der Waals surface area contributed by atoms with Gasteiger partial charge in [0, 0.05) is 28.0 Å². The Labute approximate surface area is 136 Å². The number of halogens is 7. The van der Waals surface area contributed by atoms with Crippen LogP contribution in [-0.4, -0.2) is 32.7 Å². The number of hydrogen-bond donors (Lipinski definition) is 0. The summed E-state index contributed by atoms with van der Waals surface area (Å²) in [5.74, 6) is 0.684. The molecular weight excluding hydrogens is 368 g/mol. The fraction of sp³-hybridized carbons (Fsp3) is 1.00. The Morgan fingerprint density at radius 3 is 1.94 bits per heavy atom. The van der Waals surface area contributed by atoms with Crippen LogP contribution in [0.1, 0.15) is 6.42 Å². The first-order chi connectivity index (χ1) is 7.90. The fourth-order valence-electron chi connectivity index (χ4n) is 3.57. The van der Waals surface area contributed by atoms with E-state index in [2.05, 4.69) is 0 Å². The van der Waals surface area contributed by atoms with Crippen molar-refractivity contribution in [2.75, 3.05) is 11.8 Å². The molecule has 0 aliphatic heterocycles. The van der Waals surface area contributed by atoms with Gasteiger partial charge in [0.25, 0.3) is 0 Å². The average molecular weight is 379 g/mol. The zero-order chi connectivity index (χ0) is 13.0. The molecule has 0 aromatic heterocycles. The summed E-state index contributed by atoms with van der Waals surface area (Å²) in [6.45, 7) is 0. The Morgan fingerprint density at radius 2 is 1.59 bits per heavy atom. The molecule has 0 nitrogen and oxygen atoms in total. The maximum atomic E-state index is 6.45. The van der Waals surface area contributed by atoms with Gasteiger partial charge >= 0.3 is 0 Å². The minimum Gasteiger partial charge on any atom is -0.126 e. The van der Waals surface area contributed by atoms with Gasteiger partial charge in [-0.3, -0.25) is 0 Å². The van der Waals surface area contributed by atoms with Crippen molar-refractivity contribution in [3.8, 4) is 0 Å². The lowest BCUT2D eigenvalue weighted by molar-refractivity contribution is 0.159. The largest absolute Gasteiger partial charge is 0.126 e. The average Bonchev–Trinajstić information content (AvgIpc) is 2.65. The van der Waals surface area contributed by atoms with E-state index in [0.29, 0.717) is 18.2 Å². The SMILES string of the molecule is ClCC1(CCl)[C@H]2C[C@@H](Cl)C1(C(Cl)Cl)[C@@H](Cl)[C@@H]2Cl. The number of fused-ring (bicyclic) bond motifs is 2. The van der Waals surface area contributed by atoms with Gasteiger partial charge in [0.1, 0.15) is 4.84 Å². The second kappa shape index (κ2) is 5.10. The van der Waals surface area contributed by atoms with E-state index in [4.69, 9.17) is 81.2 Å². The molecule has 0 spiro atoms. The predicted octanol–water partition coefficient (Wildman–Crippen LogP) is 5.10. The summed E-state index contributed by atoms with van der Waals surface area (Å²) >= 11 is 43.9. The Morgan fingerprint density at radius 1 is 1.06 bits per heavy atom. The van der Waals surface area contributed by atoms with E-state index in [9.17, 15) is 0 Å². The molecule has 2 aliphatic rings. The third-order valence-corrected chi connectivity index (χ3v) is 8.04. The fourth-order valence-corrected chi connectivity index (χ4v) is 7.94. The van der Waals surface area contributed by atoms with Crippen molar-refractivity contribution < 1.29 is 0 Å². The zero-order valence-corrected chi connectivity index (χ0v) is 13.9. The monoisotopic (exact) mass is 376 g/mol. The Hall–Kier alpha value is 2.03. The minimum absolute atomic E-state index is 0.0594. The summed E-state index contributed by atoms with van der Waals surface area (Å²) in [6.07, 6.45) is 0.703. The molecule has 0 heterocycles. The van der Waals surface area contributed by atoms with Crippen LogP contribution in [0.15, 0.2) is 0 Å². The Balaban J connectivity index is 2.60. The first kappa shape index (κ1) is 15.4. The van der Waals surface area contributed by atoms with Crippen molar-refractivity contribution in [2.45, 2.75) is 27.4 Å². The summed E-state index contributed by atoms with van der Waals surface area (Å²) in [7, 11) is 0. The van der Waals surface area contributed by atoms with Gasteiger partial charge in [0.05, 0.1) is 10.8 Å². The van der Waals surface area contributed by atoms with E-state index in [1.165, 1.54) is 0 Å². The highest BCUT2D eigenvalue weighted by atomic mass is 35.5. The normalized spacial score (nSPS) is 48.0. The summed E-state index contributed by atoms with van der Waals surface area (Å²) in [4.78, 5) is -0.737. The molecule has 0 saturated heterocycles. The van der Waals surface area contributed by atoms with Crippen molar-refractivity contribution in [1.29, 1.82) is 0 Å². The van der Waals surface area contributed by atoms with Crippen molar-refractivity contribution in [3.05, 3.63) is 0 Å². The van der Waals surface area contributed by atoms with Crippen LogP contribution in [0.5, 0.6) is 0 Å². The quantitative estimate of drug-likeness (QED) is 0.599. The van der Waals surface area contributed by atoms with E-state index >= 15 is 0 Å². The van der Waals surface area contributed by atoms with Gasteiger partial charge in [-0.1, -0.05) is 0 Å². The highest BCUT2D eigenvalue weighted by Gasteiger charge is 2.77. The second-order valence-corrected chi connectivity index (χ2v) is 7.94. The molecule has 0 N–H and O–H groups in total. The predicted molar refractivity (Wildman–Crippen MR) is 78.8 cm³/mol. The third-order valence-electron chi connectivity index (χ3n) is 4.51. The summed E-state index contributed by atoms with van der Waals surface area (Å²) < 4.78 is 0. The van der Waals surface area contributed by atoms with Crippen LogP contribution in [0, 0.1) is 16.7 Å². The van der Waals surface area contributed by atoms with Crippen LogP contribution in [0.2, 0.25) is 0 Å². The van der Waals surface area contributed by atoms with Gasteiger partial charge in [-0.15, -0.1) is 81.2 Å². The van der Waals surface area contributed by atoms with Crippen LogP contribution in [-0.2, 0) is 0 Å². The number of rotatable bonds is 3. The van der Waals surface area contributed by atoms with Gasteiger partial charge in [-0.25, -0.2) is 0 Å². The van der Waals surface area contributed by atoms with E-state index < -0.39 is 21.0 Å². The molecule has 2 aliphatic carbocycles. The first-order valence-corrected chi connectivity index (χ1v) is 8.47. The summed E-state index contributed by atoms with van der Waals surface area (Å²) in [5.41, 5.74) is -1.21. The summed E-state index contributed by atoms with van der Waals surface area (Å²) in [6, 6.07) is 0. The van der Waals surface area contributed by atoms with Crippen LogP contribution in [0.4, 0.5) is 0 Å². The maximum Gasteiger partial charge on any atom is 0.116 e. The lowest BCUT2D eigenvalue weighted by Crippen LogP contribution is -2.52. The van der Waals surface area contributed by atoms with E-state index in [1.54, 1.807) is 0 Å². The van der Waals surface area contributed by atoms with Crippen LogP contribution < -0.4 is 0 Å². The van der Waals surface area contributed by atoms with Crippen molar-refractivity contribution in [1.82, 2.24) is 0 Å². The van der Waals surface area contributed by atoms with Crippen molar-refractivity contribution in [2.24, 2.45) is 16.7 Å². The molecule has 17 heavy (non-hydrogen) atoms. The minimum atomic E-state index is -0.737. The Kier molecular flexibility index (Phi) is 4.62. The molecule has 100 valence electrons. The van der Waals surface area contributed by atoms with Crippen LogP contribution >= 0.6 is 81.2 Å². The molecule has 0 amide bonds. The molecule has 0 aromatic rings. The van der Waals surface area contributed by atoms with Crippen LogP contribution in [0.25, 0.3) is 0 Å². The maximum absolute atomic E-state index is 6.45.